The third-order valence-corrected chi connectivity index (χ3v) is 6.54. The van der Waals surface area contributed by atoms with Crippen LogP contribution in [0.25, 0.3) is 0 Å². The van der Waals surface area contributed by atoms with Crippen molar-refractivity contribution in [3.63, 3.8) is 0 Å². The number of hydrogen-bond donors (Lipinski definition) is 2. The molecule has 4 heterocycles. The average molecular weight is 470 g/mol. The Morgan fingerprint density at radius 3 is 2.66 bits per heavy atom. The molecule has 1 aliphatic rings. The van der Waals surface area contributed by atoms with Crippen molar-refractivity contribution in [2.45, 2.75) is 38.1 Å². The van der Waals surface area contributed by atoms with Crippen molar-refractivity contribution in [3.8, 4) is 0 Å². The van der Waals surface area contributed by atoms with Crippen molar-refractivity contribution in [1.82, 2.24) is 19.9 Å². The van der Waals surface area contributed by atoms with Crippen LogP contribution in [0.4, 0.5) is 5.95 Å². The highest BCUT2D eigenvalue weighted by Crippen LogP contribution is 2.40. The molecule has 0 saturated carbocycles. The topological polar surface area (TPSA) is 87.0 Å². The summed E-state index contributed by atoms with van der Waals surface area (Å²) in [5, 5.41) is 3.30. The van der Waals surface area contributed by atoms with Crippen LogP contribution in [0.3, 0.4) is 0 Å². The van der Waals surface area contributed by atoms with Gasteiger partial charge in [0.15, 0.2) is 0 Å². The Bertz CT molecular complexity index is 1290. The quantitative estimate of drug-likeness (QED) is 0.351. The lowest BCUT2D eigenvalue weighted by molar-refractivity contribution is 0.319. The molecule has 0 aliphatic carbocycles. The van der Waals surface area contributed by atoms with Crippen molar-refractivity contribution in [1.29, 1.82) is 0 Å². The van der Waals surface area contributed by atoms with Crippen LogP contribution in [0.2, 0.25) is 0 Å². The number of furan rings is 1. The Labute approximate surface area is 205 Å². The smallest absolute Gasteiger partial charge is 0.252 e. The van der Waals surface area contributed by atoms with Gasteiger partial charge in [0.25, 0.3) is 5.56 Å². The predicted octanol–water partition coefficient (Wildman–Crippen LogP) is 4.49. The molecule has 35 heavy (non-hydrogen) atoms. The molecule has 7 heteroatoms. The van der Waals surface area contributed by atoms with Crippen LogP contribution in [0.1, 0.15) is 46.7 Å². The molecule has 1 fully saturated rings. The van der Waals surface area contributed by atoms with E-state index < -0.39 is 0 Å². The fourth-order valence-corrected chi connectivity index (χ4v) is 4.87. The van der Waals surface area contributed by atoms with E-state index >= 15 is 0 Å². The molecule has 2 N–H and O–H groups in total. The number of nitrogens with one attached hydrogen (secondary N) is 2. The van der Waals surface area contributed by atoms with Gasteiger partial charge in [-0.3, -0.25) is 19.7 Å². The minimum absolute atomic E-state index is 0.0700. The second-order valence-electron chi connectivity index (χ2n) is 9.21. The summed E-state index contributed by atoms with van der Waals surface area (Å²) >= 11 is 0. The predicted molar refractivity (Wildman–Crippen MR) is 137 cm³/mol. The number of aromatic nitrogens is 3. The summed E-state index contributed by atoms with van der Waals surface area (Å²) in [4.78, 5) is 27.0. The molecule has 3 aromatic heterocycles. The molecule has 7 nitrogen and oxygen atoms in total. The molecule has 2 unspecified atom stereocenters. The number of rotatable bonds is 9. The molecule has 180 valence electrons. The first-order valence-electron chi connectivity index (χ1n) is 12.2. The Morgan fingerprint density at radius 2 is 1.89 bits per heavy atom. The number of nitrogens with zero attached hydrogens (tertiary/aromatic N) is 3. The van der Waals surface area contributed by atoms with Crippen LogP contribution < -0.4 is 10.9 Å². The summed E-state index contributed by atoms with van der Waals surface area (Å²) in [6, 6.07) is 22.1. The Hall–Kier alpha value is -3.71. The third-order valence-electron chi connectivity index (χ3n) is 6.54. The van der Waals surface area contributed by atoms with Crippen LogP contribution >= 0.6 is 0 Å². The van der Waals surface area contributed by atoms with E-state index in [0.717, 1.165) is 55.4 Å². The minimum Gasteiger partial charge on any atom is -0.466 e. The summed E-state index contributed by atoms with van der Waals surface area (Å²) < 4.78 is 6.04. The van der Waals surface area contributed by atoms with Crippen LogP contribution in [0.15, 0.2) is 82.1 Å². The number of benzene rings is 1. The highest BCUT2D eigenvalue weighted by atomic mass is 16.3. The molecule has 2 atom stereocenters. The molecule has 0 amide bonds. The van der Waals surface area contributed by atoms with E-state index in [1.54, 1.807) is 6.07 Å². The molecular weight excluding hydrogens is 438 g/mol. The molecule has 0 bridgehead atoms. The number of aryl methyl sites for hydroxylation is 2. The van der Waals surface area contributed by atoms with Gasteiger partial charge in [-0.1, -0.05) is 36.4 Å². The molecule has 1 aromatic carbocycles. The number of H-pyrrole nitrogens is 1. The molecule has 4 aromatic rings. The van der Waals surface area contributed by atoms with Crippen molar-refractivity contribution >= 4 is 5.95 Å². The maximum atomic E-state index is 12.6. The Balaban J connectivity index is 1.31. The summed E-state index contributed by atoms with van der Waals surface area (Å²) in [5.74, 6) is 2.58. The zero-order valence-corrected chi connectivity index (χ0v) is 20.0. The van der Waals surface area contributed by atoms with E-state index in [2.05, 4.69) is 50.5 Å². The zero-order chi connectivity index (χ0) is 24.0. The van der Waals surface area contributed by atoms with Gasteiger partial charge in [-0.2, -0.15) is 0 Å². The largest absolute Gasteiger partial charge is 0.466 e. The molecule has 1 saturated heterocycles. The van der Waals surface area contributed by atoms with E-state index in [1.807, 2.05) is 43.5 Å². The normalized spacial score (nSPS) is 18.1. The molecule has 0 spiro atoms. The van der Waals surface area contributed by atoms with E-state index in [-0.39, 0.29) is 17.4 Å². The fraction of sp³-hybridized carbons (Fsp3) is 0.321. The third kappa shape index (κ3) is 5.87. The Kier molecular flexibility index (Phi) is 7.04. The van der Waals surface area contributed by atoms with Gasteiger partial charge in [-0.25, -0.2) is 4.98 Å². The summed E-state index contributed by atoms with van der Waals surface area (Å²) in [7, 11) is 0. The van der Waals surface area contributed by atoms with Gasteiger partial charge in [-0.15, -0.1) is 0 Å². The van der Waals surface area contributed by atoms with Crippen LogP contribution in [-0.2, 0) is 13.0 Å². The first-order chi connectivity index (χ1) is 17.1. The molecule has 5 rings (SSSR count). The van der Waals surface area contributed by atoms with E-state index in [1.165, 1.54) is 5.56 Å². The van der Waals surface area contributed by atoms with Gasteiger partial charge in [0.05, 0.1) is 5.69 Å². The second kappa shape index (κ2) is 10.7. The SMILES string of the molecule is Cc1ccc(C2CN(Cc3ccccc3)CC2c2cc(=O)[nH]c(NCCCc3ccccn3)n2)o1. The van der Waals surface area contributed by atoms with Crippen molar-refractivity contribution < 1.29 is 4.42 Å². The maximum absolute atomic E-state index is 12.6. The Morgan fingerprint density at radius 1 is 1.06 bits per heavy atom. The summed E-state index contributed by atoms with van der Waals surface area (Å²) in [6.45, 7) is 5.19. The van der Waals surface area contributed by atoms with E-state index in [9.17, 15) is 4.79 Å². The number of aromatic amines is 1. The average Bonchev–Trinajstić information content (AvgIpc) is 3.49. The van der Waals surface area contributed by atoms with Crippen molar-refractivity contribution in [2.75, 3.05) is 25.0 Å². The molecule has 0 radical (unpaired) electrons. The van der Waals surface area contributed by atoms with Crippen molar-refractivity contribution in [2.24, 2.45) is 0 Å². The summed E-state index contributed by atoms with van der Waals surface area (Å²) in [5.41, 5.74) is 3.00. The fourth-order valence-electron chi connectivity index (χ4n) is 4.87. The number of pyridine rings is 1. The first-order valence-corrected chi connectivity index (χ1v) is 12.2. The molecule has 1 aliphatic heterocycles. The van der Waals surface area contributed by atoms with Gasteiger partial charge in [0.1, 0.15) is 11.5 Å². The van der Waals surface area contributed by atoms with Crippen LogP contribution in [0.5, 0.6) is 0 Å². The van der Waals surface area contributed by atoms with E-state index in [0.29, 0.717) is 12.5 Å². The standard InChI is InChI=1S/C28H31N5O2/c1-20-12-13-26(35-20)24-19-33(17-21-8-3-2-4-9-21)18-23(24)25-16-27(34)32-28(31-25)30-15-7-11-22-10-5-6-14-29-22/h2-6,8-10,12-14,16,23-24H,7,11,15,17-19H2,1H3,(H2,30,31,32,34). The van der Waals surface area contributed by atoms with Gasteiger partial charge in [0.2, 0.25) is 5.95 Å². The monoisotopic (exact) mass is 469 g/mol. The molecular formula is C28H31N5O2. The lowest BCUT2D eigenvalue weighted by Gasteiger charge is -2.17. The van der Waals surface area contributed by atoms with Gasteiger partial charge in [-0.05, 0) is 49.6 Å². The highest BCUT2D eigenvalue weighted by molar-refractivity contribution is 5.30. The van der Waals surface area contributed by atoms with Crippen LogP contribution in [-0.4, -0.2) is 39.5 Å². The highest BCUT2D eigenvalue weighted by Gasteiger charge is 2.38. The van der Waals surface area contributed by atoms with Gasteiger partial charge in [0, 0.05) is 56.0 Å². The number of hydrogen-bond acceptors (Lipinski definition) is 6. The number of likely N-dealkylation sites (tertiary alicyclic amines) is 1. The van der Waals surface area contributed by atoms with Crippen molar-refractivity contribution in [3.05, 3.63) is 112 Å². The van der Waals surface area contributed by atoms with E-state index in [4.69, 9.17) is 9.40 Å². The summed E-state index contributed by atoms with van der Waals surface area (Å²) in [6.07, 6.45) is 3.58. The number of anilines is 1. The zero-order valence-electron chi connectivity index (χ0n) is 20.0. The first kappa shape index (κ1) is 23.1. The van der Waals surface area contributed by atoms with Gasteiger partial charge < -0.3 is 9.73 Å². The lowest BCUT2D eigenvalue weighted by atomic mass is 9.90. The second-order valence-corrected chi connectivity index (χ2v) is 9.21. The minimum atomic E-state index is -0.141. The maximum Gasteiger partial charge on any atom is 0.252 e. The lowest BCUT2D eigenvalue weighted by Crippen LogP contribution is -2.21. The van der Waals surface area contributed by atoms with Crippen LogP contribution in [0, 0.1) is 6.92 Å². The van der Waals surface area contributed by atoms with Gasteiger partial charge >= 0.3 is 0 Å².